The maximum absolute atomic E-state index is 11.9. The molecule has 0 heterocycles. The fourth-order valence-electron chi connectivity index (χ4n) is 1.67. The van der Waals surface area contributed by atoms with Gasteiger partial charge in [-0.3, -0.25) is 15.0 Å². The second kappa shape index (κ2) is 9.85. The molecule has 0 radical (unpaired) electrons. The van der Waals surface area contributed by atoms with Gasteiger partial charge in [-0.25, -0.2) is 4.79 Å². The fourth-order valence-corrected chi connectivity index (χ4v) is 1.67. The van der Waals surface area contributed by atoms with Crippen molar-refractivity contribution in [1.29, 1.82) is 0 Å². The minimum atomic E-state index is -0.440. The van der Waals surface area contributed by atoms with Crippen LogP contribution in [0.1, 0.15) is 33.6 Å². The van der Waals surface area contributed by atoms with Crippen molar-refractivity contribution in [2.45, 2.75) is 39.7 Å². The van der Waals surface area contributed by atoms with Gasteiger partial charge in [0, 0.05) is 13.1 Å². The number of urea groups is 1. The zero-order valence-corrected chi connectivity index (χ0v) is 11.7. The van der Waals surface area contributed by atoms with Crippen LogP contribution in [0.2, 0.25) is 0 Å². The van der Waals surface area contributed by atoms with E-state index in [0.29, 0.717) is 13.1 Å². The first-order chi connectivity index (χ1) is 8.56. The summed E-state index contributed by atoms with van der Waals surface area (Å²) in [4.78, 5) is 25.2. The Balaban J connectivity index is 4.31. The molecule has 3 amide bonds. The zero-order valence-electron chi connectivity index (χ0n) is 11.7. The smallest absolute Gasteiger partial charge is 0.321 e. The lowest BCUT2D eigenvalue weighted by Crippen LogP contribution is -2.50. The number of rotatable bonds is 8. The van der Waals surface area contributed by atoms with E-state index in [1.807, 2.05) is 4.90 Å². The second-order valence-corrected chi connectivity index (χ2v) is 4.20. The Hall–Kier alpha value is -1.14. The summed E-state index contributed by atoms with van der Waals surface area (Å²) in [7, 11) is 0. The number of hydrogen-bond acceptors (Lipinski definition) is 4. The summed E-state index contributed by atoms with van der Waals surface area (Å²) in [5.41, 5.74) is 5.48. The Labute approximate surface area is 109 Å². The van der Waals surface area contributed by atoms with E-state index in [2.05, 4.69) is 17.6 Å². The molecule has 0 aromatic carbocycles. The second-order valence-electron chi connectivity index (χ2n) is 4.20. The molecule has 4 N–H and O–H groups in total. The summed E-state index contributed by atoms with van der Waals surface area (Å²) < 4.78 is 0. The highest BCUT2D eigenvalue weighted by Crippen LogP contribution is 2.02. The van der Waals surface area contributed by atoms with Gasteiger partial charge in [0.15, 0.2) is 0 Å². The first-order valence-electron chi connectivity index (χ1n) is 6.59. The first-order valence-corrected chi connectivity index (χ1v) is 6.59. The van der Waals surface area contributed by atoms with Crippen molar-refractivity contribution in [2.75, 3.05) is 26.2 Å². The third-order valence-electron chi connectivity index (χ3n) is 2.66. The molecule has 1 atom stereocenters. The van der Waals surface area contributed by atoms with Gasteiger partial charge in [-0.2, -0.15) is 0 Å². The Morgan fingerprint density at radius 3 is 2.44 bits per heavy atom. The number of hydrogen-bond donors (Lipinski definition) is 3. The van der Waals surface area contributed by atoms with Crippen molar-refractivity contribution in [3.63, 3.8) is 0 Å². The summed E-state index contributed by atoms with van der Waals surface area (Å²) in [6, 6.07) is -0.760. The summed E-state index contributed by atoms with van der Waals surface area (Å²) in [6.07, 6.45) is 1.81. The SMILES string of the molecule is CCCN(CCCN)C(C)C(=O)NC(=O)NCC. The number of carbonyl (C=O) groups is 2. The van der Waals surface area contributed by atoms with E-state index in [9.17, 15) is 9.59 Å². The lowest BCUT2D eigenvalue weighted by molar-refractivity contribution is -0.124. The van der Waals surface area contributed by atoms with Gasteiger partial charge in [-0.1, -0.05) is 6.92 Å². The number of amides is 3. The molecular formula is C12H26N4O2. The molecule has 0 saturated carbocycles. The lowest BCUT2D eigenvalue weighted by Gasteiger charge is -2.27. The standard InChI is InChI=1S/C12H26N4O2/c1-4-8-16(9-6-7-13)10(3)11(17)15-12(18)14-5-2/h10H,4-9,13H2,1-3H3,(H2,14,15,17,18). The molecule has 0 rings (SSSR count). The topological polar surface area (TPSA) is 87.5 Å². The largest absolute Gasteiger partial charge is 0.338 e. The van der Waals surface area contributed by atoms with Gasteiger partial charge in [0.05, 0.1) is 6.04 Å². The highest BCUT2D eigenvalue weighted by Gasteiger charge is 2.21. The van der Waals surface area contributed by atoms with Gasteiger partial charge in [-0.05, 0) is 39.8 Å². The van der Waals surface area contributed by atoms with E-state index in [4.69, 9.17) is 5.73 Å². The van der Waals surface area contributed by atoms with Gasteiger partial charge in [0.2, 0.25) is 5.91 Å². The molecule has 1 unspecified atom stereocenters. The molecule has 0 aromatic rings. The van der Waals surface area contributed by atoms with Gasteiger partial charge in [0.25, 0.3) is 0 Å². The normalized spacial score (nSPS) is 12.3. The van der Waals surface area contributed by atoms with Crippen LogP contribution in [0.15, 0.2) is 0 Å². The molecule has 0 bridgehead atoms. The third kappa shape index (κ3) is 6.56. The number of imide groups is 1. The molecule has 0 aliphatic carbocycles. The van der Waals surface area contributed by atoms with Crippen molar-refractivity contribution in [2.24, 2.45) is 5.73 Å². The summed E-state index contributed by atoms with van der Waals surface area (Å²) in [5, 5.41) is 4.87. The van der Waals surface area contributed by atoms with Crippen LogP contribution in [0.25, 0.3) is 0 Å². The van der Waals surface area contributed by atoms with Crippen LogP contribution in [0.5, 0.6) is 0 Å². The van der Waals surface area contributed by atoms with E-state index in [-0.39, 0.29) is 11.9 Å². The van der Waals surface area contributed by atoms with Crippen molar-refractivity contribution in [3.8, 4) is 0 Å². The minimum absolute atomic E-state index is 0.272. The summed E-state index contributed by atoms with van der Waals surface area (Å²) in [6.45, 7) is 8.37. The monoisotopic (exact) mass is 258 g/mol. The Kier molecular flexibility index (Phi) is 9.22. The summed E-state index contributed by atoms with van der Waals surface area (Å²) in [5.74, 6) is -0.272. The predicted molar refractivity (Wildman–Crippen MR) is 72.2 cm³/mol. The van der Waals surface area contributed by atoms with Crippen LogP contribution in [0.4, 0.5) is 4.79 Å². The maximum Gasteiger partial charge on any atom is 0.321 e. The van der Waals surface area contributed by atoms with Gasteiger partial charge < -0.3 is 11.1 Å². The van der Waals surface area contributed by atoms with Crippen molar-refractivity contribution >= 4 is 11.9 Å². The first kappa shape index (κ1) is 16.9. The predicted octanol–water partition coefficient (Wildman–Crippen LogP) is 0.281. The van der Waals surface area contributed by atoms with Crippen molar-refractivity contribution in [1.82, 2.24) is 15.5 Å². The lowest BCUT2D eigenvalue weighted by atomic mass is 10.2. The van der Waals surface area contributed by atoms with Crippen molar-refractivity contribution in [3.05, 3.63) is 0 Å². The highest BCUT2D eigenvalue weighted by molar-refractivity contribution is 5.96. The van der Waals surface area contributed by atoms with E-state index >= 15 is 0 Å². The molecule has 6 heteroatoms. The Morgan fingerprint density at radius 1 is 1.28 bits per heavy atom. The minimum Gasteiger partial charge on any atom is -0.338 e. The fraction of sp³-hybridized carbons (Fsp3) is 0.833. The van der Waals surface area contributed by atoms with Crippen molar-refractivity contribution < 1.29 is 9.59 Å². The van der Waals surface area contributed by atoms with Crippen LogP contribution in [-0.4, -0.2) is 49.1 Å². The number of nitrogens with two attached hydrogens (primary N) is 1. The third-order valence-corrected chi connectivity index (χ3v) is 2.66. The van der Waals surface area contributed by atoms with Crippen LogP contribution >= 0.6 is 0 Å². The molecule has 106 valence electrons. The Morgan fingerprint density at radius 2 is 1.94 bits per heavy atom. The highest BCUT2D eigenvalue weighted by atomic mass is 16.2. The van der Waals surface area contributed by atoms with E-state index in [1.165, 1.54) is 0 Å². The van der Waals surface area contributed by atoms with Crippen LogP contribution in [0, 0.1) is 0 Å². The summed E-state index contributed by atoms with van der Waals surface area (Å²) >= 11 is 0. The molecule has 0 aromatic heterocycles. The molecular weight excluding hydrogens is 232 g/mol. The van der Waals surface area contributed by atoms with E-state index in [0.717, 1.165) is 25.9 Å². The molecule has 0 aliphatic heterocycles. The quantitative estimate of drug-likeness (QED) is 0.583. The van der Waals surface area contributed by atoms with Crippen LogP contribution in [0.3, 0.4) is 0 Å². The number of carbonyl (C=O) groups excluding carboxylic acids is 2. The zero-order chi connectivity index (χ0) is 14.0. The van der Waals surface area contributed by atoms with Gasteiger partial charge >= 0.3 is 6.03 Å². The average molecular weight is 258 g/mol. The maximum atomic E-state index is 11.9. The average Bonchev–Trinajstić information content (AvgIpc) is 2.33. The van der Waals surface area contributed by atoms with Crippen LogP contribution in [-0.2, 0) is 4.79 Å². The van der Waals surface area contributed by atoms with Crippen LogP contribution < -0.4 is 16.4 Å². The molecule has 0 saturated heterocycles. The van der Waals surface area contributed by atoms with Gasteiger partial charge in [-0.15, -0.1) is 0 Å². The van der Waals surface area contributed by atoms with Gasteiger partial charge in [0.1, 0.15) is 0 Å². The number of nitrogens with zero attached hydrogens (tertiary/aromatic N) is 1. The van der Waals surface area contributed by atoms with E-state index in [1.54, 1.807) is 13.8 Å². The van der Waals surface area contributed by atoms with E-state index < -0.39 is 6.03 Å². The molecule has 0 aliphatic rings. The molecule has 6 nitrogen and oxygen atoms in total. The number of nitrogens with one attached hydrogen (secondary N) is 2. The molecule has 18 heavy (non-hydrogen) atoms. The Bertz CT molecular complexity index is 258. The molecule has 0 spiro atoms. The molecule has 0 fully saturated rings.